The Balaban J connectivity index is 0.000000347. The second-order valence-electron chi connectivity index (χ2n) is 14.0. The van der Waals surface area contributed by atoms with Crippen molar-refractivity contribution >= 4 is 4.21 Å². The molecule has 0 bridgehead atoms. The summed E-state index contributed by atoms with van der Waals surface area (Å²) in [5.74, 6) is 0. The molecule has 48 heavy (non-hydrogen) atoms. The Morgan fingerprint density at radius 1 is 0.667 bits per heavy atom. The van der Waals surface area contributed by atoms with Gasteiger partial charge in [0.2, 0.25) is 0 Å². The molecule has 0 unspecified atom stereocenters. The van der Waals surface area contributed by atoms with Crippen molar-refractivity contribution in [2.24, 2.45) is 0 Å². The number of benzene rings is 5. The van der Waals surface area contributed by atoms with Gasteiger partial charge in [-0.25, -0.2) is 12.2 Å². The van der Waals surface area contributed by atoms with E-state index in [1.165, 1.54) is 85.4 Å². The predicted octanol–water partition coefficient (Wildman–Crippen LogP) is 12.5. The van der Waals surface area contributed by atoms with Gasteiger partial charge in [0.05, 0.1) is 0 Å². The summed E-state index contributed by atoms with van der Waals surface area (Å²) in [6.45, 7) is 16.0. The first kappa shape index (κ1) is 38.8. The van der Waals surface area contributed by atoms with Crippen molar-refractivity contribution in [2.75, 3.05) is 0 Å². The molecule has 246 valence electrons. The summed E-state index contributed by atoms with van der Waals surface area (Å²) in [4.78, 5) is 0. The zero-order chi connectivity index (χ0) is 34.0. The van der Waals surface area contributed by atoms with Gasteiger partial charge in [-0.2, -0.15) is 42.0 Å². The third kappa shape index (κ3) is 9.93. The number of hydrogen-bond acceptors (Lipinski definition) is 0. The maximum Gasteiger partial charge on any atom is -0.358 e. The fourth-order valence-corrected chi connectivity index (χ4v) is 5.91. The zero-order valence-electron chi connectivity index (χ0n) is 30.2. The normalized spacial score (nSPS) is 12.1. The van der Waals surface area contributed by atoms with Crippen LogP contribution in [0.1, 0.15) is 75.8 Å². The largest absolute Gasteiger partial charge is 0.358 e. The van der Waals surface area contributed by atoms with Crippen molar-refractivity contribution in [3.63, 3.8) is 0 Å². The SMILES string of the molecule is CC(C)(C)c1cc2c([c-]c1-c1ccccc1)Cc1cc(-c3ccccc3)c(C(C)(C)C)cc1-2.Cc1cc[c-]cc1.[C-]1=CC=CC1.[CH2]=[Zr].[CH3-]. The van der Waals surface area contributed by atoms with Crippen LogP contribution in [-0.4, -0.2) is 4.21 Å². The van der Waals surface area contributed by atoms with E-state index in [-0.39, 0.29) is 18.3 Å². The number of rotatable bonds is 2. The molecular weight excluding hydrogens is 656 g/mol. The Morgan fingerprint density at radius 3 is 1.69 bits per heavy atom. The van der Waals surface area contributed by atoms with Crippen molar-refractivity contribution in [2.45, 2.75) is 72.1 Å². The van der Waals surface area contributed by atoms with Crippen LogP contribution in [0.2, 0.25) is 0 Å². The summed E-state index contributed by atoms with van der Waals surface area (Å²) in [7, 11) is 0. The molecule has 0 saturated carbocycles. The summed E-state index contributed by atoms with van der Waals surface area (Å²) in [5.41, 5.74) is 14.8. The molecule has 2 aliphatic carbocycles. The average molecular weight is 706 g/mol. The molecule has 1 heteroatoms. The second-order valence-corrected chi connectivity index (χ2v) is 14.0. The molecule has 0 amide bonds. The van der Waals surface area contributed by atoms with Crippen LogP contribution in [0.3, 0.4) is 0 Å². The maximum atomic E-state index is 3.88. The molecule has 0 fully saturated rings. The molecule has 0 spiro atoms. The Labute approximate surface area is 307 Å². The smallest absolute Gasteiger partial charge is 0.358 e. The fourth-order valence-electron chi connectivity index (χ4n) is 5.91. The summed E-state index contributed by atoms with van der Waals surface area (Å²) < 4.78 is 3.34. The topological polar surface area (TPSA) is 0 Å². The number of allylic oxidation sites excluding steroid dienone is 4. The Hall–Kier alpha value is -3.67. The van der Waals surface area contributed by atoms with Gasteiger partial charge in [0, 0.05) is 0 Å². The van der Waals surface area contributed by atoms with Crippen LogP contribution in [0.25, 0.3) is 33.4 Å². The predicted molar refractivity (Wildman–Crippen MR) is 207 cm³/mol. The van der Waals surface area contributed by atoms with E-state index in [9.17, 15) is 0 Å². The van der Waals surface area contributed by atoms with Gasteiger partial charge in [-0.15, -0.1) is 35.2 Å². The van der Waals surface area contributed by atoms with Crippen LogP contribution in [0, 0.1) is 32.6 Å². The standard InChI is InChI=1S/C33H33.C7H7.C5H5.CH3.CH2.Zr/c1-32(2,3)30-20-26-24(18-28(30)22-13-9-7-10-14-22)17-25-19-29(23-15-11-8-12-16-23)31(21-27(25)26)33(4,5)6;1-7-5-3-2-4-6-7;1-2-4-5-3-1;;;/h7-16,18,20-21H,17H2,1-6H3;3-6H,1H3;1-3H,4H2;1H3;1H2;/q4*-1;;. The van der Waals surface area contributed by atoms with Crippen molar-refractivity contribution in [3.8, 4) is 33.4 Å². The molecule has 5 aromatic rings. The second kappa shape index (κ2) is 17.6. The minimum absolute atomic E-state index is 0. The van der Waals surface area contributed by atoms with Crippen LogP contribution in [0.5, 0.6) is 0 Å². The number of hydrogen-bond donors (Lipinski definition) is 0. The Morgan fingerprint density at radius 2 is 1.23 bits per heavy atom. The molecule has 2 aliphatic rings. The van der Waals surface area contributed by atoms with Crippen molar-refractivity contribution in [1.82, 2.24) is 0 Å². The van der Waals surface area contributed by atoms with Gasteiger partial charge in [-0.05, 0) is 39.5 Å². The molecular formula is C47H50Zr-4. The Kier molecular flexibility index (Phi) is 14.3. The zero-order valence-corrected chi connectivity index (χ0v) is 32.6. The monoisotopic (exact) mass is 704 g/mol. The number of fused-ring (bicyclic) bond motifs is 3. The first-order valence-electron chi connectivity index (χ1n) is 16.4. The van der Waals surface area contributed by atoms with E-state index in [2.05, 4.69) is 156 Å². The van der Waals surface area contributed by atoms with E-state index in [0.717, 1.165) is 12.8 Å². The van der Waals surface area contributed by atoms with E-state index < -0.39 is 0 Å². The van der Waals surface area contributed by atoms with Gasteiger partial charge in [0.25, 0.3) is 0 Å². The molecule has 5 aromatic carbocycles. The van der Waals surface area contributed by atoms with Crippen molar-refractivity contribution in [3.05, 3.63) is 175 Å². The van der Waals surface area contributed by atoms with Gasteiger partial charge in [-0.3, -0.25) is 6.08 Å². The summed E-state index contributed by atoms with van der Waals surface area (Å²) in [5, 5.41) is 0. The molecule has 0 nitrogen and oxygen atoms in total. The first-order valence-corrected chi connectivity index (χ1v) is 18.1. The summed E-state index contributed by atoms with van der Waals surface area (Å²) in [6, 6.07) is 43.6. The molecule has 0 aliphatic heterocycles. The molecule has 0 N–H and O–H groups in total. The van der Waals surface area contributed by atoms with E-state index in [0.29, 0.717) is 0 Å². The molecule has 0 aromatic heterocycles. The van der Waals surface area contributed by atoms with Crippen molar-refractivity contribution in [1.29, 1.82) is 0 Å². The third-order valence-electron chi connectivity index (χ3n) is 8.29. The Bertz CT molecular complexity index is 1680. The van der Waals surface area contributed by atoms with Crippen molar-refractivity contribution < 1.29 is 24.2 Å². The average Bonchev–Trinajstić information content (AvgIpc) is 3.77. The van der Waals surface area contributed by atoms with Gasteiger partial charge in [0.15, 0.2) is 0 Å². The van der Waals surface area contributed by atoms with Gasteiger partial charge in [-0.1, -0.05) is 138 Å². The maximum absolute atomic E-state index is 3.88. The quantitative estimate of drug-likeness (QED) is 0.157. The number of aryl methyl sites for hydroxylation is 1. The fraction of sp³-hybridized carbons (Fsp3) is 0.234. The third-order valence-corrected chi connectivity index (χ3v) is 8.29. The van der Waals surface area contributed by atoms with E-state index in [1.807, 2.05) is 36.4 Å². The van der Waals surface area contributed by atoms with Gasteiger partial charge in [0.1, 0.15) is 0 Å². The summed E-state index contributed by atoms with van der Waals surface area (Å²) >= 11 is 1.30. The van der Waals surface area contributed by atoms with E-state index >= 15 is 0 Å². The van der Waals surface area contributed by atoms with E-state index in [1.54, 1.807) is 0 Å². The minimum atomic E-state index is 0. The van der Waals surface area contributed by atoms with Crippen LogP contribution >= 0.6 is 0 Å². The minimum Gasteiger partial charge on any atom is -0.358 e. The van der Waals surface area contributed by atoms with Crippen LogP contribution in [0.4, 0.5) is 0 Å². The molecule has 0 saturated heterocycles. The van der Waals surface area contributed by atoms with Gasteiger partial charge < -0.3 is 7.43 Å². The first-order chi connectivity index (χ1) is 22.5. The van der Waals surface area contributed by atoms with Crippen LogP contribution < -0.4 is 0 Å². The van der Waals surface area contributed by atoms with Gasteiger partial charge >= 0.3 is 28.4 Å². The van der Waals surface area contributed by atoms with Crippen LogP contribution in [-0.2, 0) is 41.5 Å². The summed E-state index contributed by atoms with van der Waals surface area (Å²) in [6.07, 6.45) is 10.9. The molecule has 0 radical (unpaired) electrons. The molecule has 0 atom stereocenters. The van der Waals surface area contributed by atoms with Crippen LogP contribution in [0.15, 0.2) is 121 Å². The van der Waals surface area contributed by atoms with E-state index in [4.69, 9.17) is 0 Å². The molecule has 7 rings (SSSR count). The molecule has 0 heterocycles.